The molecular weight excluding hydrogens is 440 g/mol. The summed E-state index contributed by atoms with van der Waals surface area (Å²) in [5.74, 6) is 0.720. The maximum atomic E-state index is 13.1. The lowest BCUT2D eigenvalue weighted by Gasteiger charge is -2.24. The lowest BCUT2D eigenvalue weighted by Crippen LogP contribution is -2.37. The summed E-state index contributed by atoms with van der Waals surface area (Å²) in [7, 11) is 0. The number of hydrogen-bond donors (Lipinski definition) is 0. The van der Waals surface area contributed by atoms with Crippen LogP contribution >= 0.6 is 23.4 Å². The number of amides is 1. The molecule has 1 saturated carbocycles. The van der Waals surface area contributed by atoms with Gasteiger partial charge in [-0.25, -0.2) is 0 Å². The number of non-ortho nitro benzene ring substituents is 1. The molecule has 1 aromatic heterocycles. The van der Waals surface area contributed by atoms with Gasteiger partial charge in [0.2, 0.25) is 17.7 Å². The van der Waals surface area contributed by atoms with Crippen molar-refractivity contribution in [3.63, 3.8) is 0 Å². The average Bonchev–Trinajstić information content (AvgIpc) is 3.50. The molecule has 1 heterocycles. The van der Waals surface area contributed by atoms with Gasteiger partial charge in [0.1, 0.15) is 0 Å². The minimum atomic E-state index is -0.444. The average molecular weight is 459 g/mol. The molecule has 1 aliphatic rings. The molecule has 0 spiro atoms. The Balaban J connectivity index is 1.43. The number of rotatable bonds is 8. The maximum Gasteiger partial charge on any atom is 0.269 e. The number of thioether (sulfide) groups is 1. The van der Waals surface area contributed by atoms with E-state index < -0.39 is 4.92 Å². The Morgan fingerprint density at radius 3 is 2.52 bits per heavy atom. The molecule has 2 aromatic carbocycles. The lowest BCUT2D eigenvalue weighted by molar-refractivity contribution is -0.384. The monoisotopic (exact) mass is 458 g/mol. The van der Waals surface area contributed by atoms with Gasteiger partial charge < -0.3 is 9.32 Å². The van der Waals surface area contributed by atoms with Crippen LogP contribution in [0, 0.1) is 10.1 Å². The fourth-order valence-corrected chi connectivity index (χ4v) is 4.14. The molecule has 1 aliphatic carbocycles. The van der Waals surface area contributed by atoms with E-state index in [9.17, 15) is 14.9 Å². The highest BCUT2D eigenvalue weighted by Gasteiger charge is 2.36. The van der Waals surface area contributed by atoms with Crippen LogP contribution in [0.25, 0.3) is 11.5 Å². The number of aromatic nitrogens is 2. The van der Waals surface area contributed by atoms with Gasteiger partial charge in [0, 0.05) is 33.7 Å². The van der Waals surface area contributed by atoms with Crippen molar-refractivity contribution in [2.75, 3.05) is 0 Å². The van der Waals surface area contributed by atoms with Crippen molar-refractivity contribution in [3.8, 4) is 11.5 Å². The highest BCUT2D eigenvalue weighted by Crippen LogP contribution is 2.33. The Kier molecular flexibility index (Phi) is 6.24. The van der Waals surface area contributed by atoms with Crippen LogP contribution in [0.5, 0.6) is 0 Å². The summed E-state index contributed by atoms with van der Waals surface area (Å²) in [6.07, 6.45) is 1.89. The molecule has 31 heavy (non-hydrogen) atoms. The van der Waals surface area contributed by atoms with Gasteiger partial charge in [-0.15, -0.1) is 22.0 Å². The van der Waals surface area contributed by atoms with Gasteiger partial charge >= 0.3 is 0 Å². The molecule has 0 aliphatic heterocycles. The van der Waals surface area contributed by atoms with E-state index in [-0.39, 0.29) is 29.4 Å². The molecule has 4 rings (SSSR count). The van der Waals surface area contributed by atoms with E-state index in [4.69, 9.17) is 16.0 Å². The first-order valence-electron chi connectivity index (χ1n) is 9.70. The van der Waals surface area contributed by atoms with Gasteiger partial charge in [-0.3, -0.25) is 14.9 Å². The van der Waals surface area contributed by atoms with Crippen LogP contribution in [0.2, 0.25) is 5.02 Å². The first-order chi connectivity index (χ1) is 14.9. The Hall–Kier alpha value is -2.91. The minimum Gasteiger partial charge on any atom is -0.419 e. The molecule has 0 N–H and O–H groups in total. The SMILES string of the molecule is CC(Sc1ccc([N+](=O)[O-])cc1)C(=O)N(Cc1nnc(-c2ccc(Cl)cc2)o1)C1CC1. The highest BCUT2D eigenvalue weighted by molar-refractivity contribution is 8.00. The van der Waals surface area contributed by atoms with Crippen LogP contribution < -0.4 is 0 Å². The third-order valence-corrected chi connectivity index (χ3v) is 6.19. The number of nitro benzene ring substituents is 1. The number of nitro groups is 1. The van der Waals surface area contributed by atoms with Crippen LogP contribution in [-0.4, -0.2) is 37.2 Å². The van der Waals surface area contributed by atoms with E-state index in [1.807, 2.05) is 6.92 Å². The molecule has 3 aromatic rings. The van der Waals surface area contributed by atoms with E-state index in [2.05, 4.69) is 10.2 Å². The van der Waals surface area contributed by atoms with E-state index >= 15 is 0 Å². The number of nitrogens with zero attached hydrogens (tertiary/aromatic N) is 4. The molecular formula is C21H19ClN4O4S. The van der Waals surface area contributed by atoms with Crippen molar-refractivity contribution < 1.29 is 14.1 Å². The summed E-state index contributed by atoms with van der Waals surface area (Å²) in [4.78, 5) is 26.1. The van der Waals surface area contributed by atoms with Gasteiger partial charge in [-0.1, -0.05) is 11.6 Å². The van der Waals surface area contributed by atoms with Gasteiger partial charge in [0.05, 0.1) is 16.7 Å². The van der Waals surface area contributed by atoms with Crippen molar-refractivity contribution in [1.82, 2.24) is 15.1 Å². The normalized spacial score (nSPS) is 14.3. The summed E-state index contributed by atoms with van der Waals surface area (Å²) >= 11 is 7.28. The number of halogens is 1. The fourth-order valence-electron chi connectivity index (χ4n) is 3.08. The van der Waals surface area contributed by atoms with Gasteiger partial charge in [-0.05, 0) is 56.2 Å². The molecule has 1 atom stereocenters. The second-order valence-electron chi connectivity index (χ2n) is 7.22. The van der Waals surface area contributed by atoms with E-state index in [0.29, 0.717) is 16.8 Å². The predicted molar refractivity (Wildman–Crippen MR) is 117 cm³/mol. The summed E-state index contributed by atoms with van der Waals surface area (Å²) in [6.45, 7) is 2.08. The quantitative estimate of drug-likeness (QED) is 0.266. The van der Waals surface area contributed by atoms with Crippen LogP contribution in [0.3, 0.4) is 0 Å². The Labute approximate surface area is 187 Å². The smallest absolute Gasteiger partial charge is 0.269 e. The fraction of sp³-hybridized carbons (Fsp3) is 0.286. The van der Waals surface area contributed by atoms with Crippen LogP contribution in [0.4, 0.5) is 5.69 Å². The van der Waals surface area contributed by atoms with Crippen molar-refractivity contribution in [2.45, 2.75) is 42.5 Å². The van der Waals surface area contributed by atoms with E-state index in [0.717, 1.165) is 23.3 Å². The molecule has 0 radical (unpaired) electrons. The van der Waals surface area contributed by atoms with Crippen LogP contribution in [-0.2, 0) is 11.3 Å². The zero-order chi connectivity index (χ0) is 22.0. The molecule has 8 nitrogen and oxygen atoms in total. The first kappa shape index (κ1) is 21.3. The zero-order valence-electron chi connectivity index (χ0n) is 16.6. The second-order valence-corrected chi connectivity index (χ2v) is 9.07. The van der Waals surface area contributed by atoms with Crippen molar-refractivity contribution >= 4 is 35.0 Å². The molecule has 10 heteroatoms. The number of carbonyl (C=O) groups excluding carboxylic acids is 1. The Morgan fingerprint density at radius 1 is 1.23 bits per heavy atom. The molecule has 1 fully saturated rings. The number of benzene rings is 2. The number of carbonyl (C=O) groups is 1. The highest BCUT2D eigenvalue weighted by atomic mass is 35.5. The third kappa shape index (κ3) is 5.23. The summed E-state index contributed by atoms with van der Waals surface area (Å²) in [5.41, 5.74) is 0.783. The van der Waals surface area contributed by atoms with Gasteiger partial charge in [0.25, 0.3) is 5.69 Å². The lowest BCUT2D eigenvalue weighted by atomic mass is 10.2. The molecule has 1 amide bonds. The summed E-state index contributed by atoms with van der Waals surface area (Å²) < 4.78 is 5.77. The molecule has 0 saturated heterocycles. The molecule has 160 valence electrons. The topological polar surface area (TPSA) is 102 Å². The van der Waals surface area contributed by atoms with Crippen molar-refractivity contribution in [1.29, 1.82) is 0 Å². The number of hydrogen-bond acceptors (Lipinski definition) is 7. The van der Waals surface area contributed by atoms with Crippen LogP contribution in [0.1, 0.15) is 25.7 Å². The van der Waals surface area contributed by atoms with Crippen molar-refractivity contribution in [3.05, 3.63) is 69.6 Å². The van der Waals surface area contributed by atoms with Gasteiger partial charge in [0.15, 0.2) is 0 Å². The van der Waals surface area contributed by atoms with E-state index in [1.165, 1.54) is 23.9 Å². The van der Waals surface area contributed by atoms with E-state index in [1.54, 1.807) is 41.3 Å². The zero-order valence-corrected chi connectivity index (χ0v) is 18.2. The largest absolute Gasteiger partial charge is 0.419 e. The summed E-state index contributed by atoms with van der Waals surface area (Å²) in [5, 5.41) is 19.3. The van der Waals surface area contributed by atoms with Crippen molar-refractivity contribution in [2.24, 2.45) is 0 Å². The van der Waals surface area contributed by atoms with Gasteiger partial charge in [-0.2, -0.15) is 0 Å². The summed E-state index contributed by atoms with van der Waals surface area (Å²) in [6, 6.07) is 13.5. The maximum absolute atomic E-state index is 13.1. The minimum absolute atomic E-state index is 0.0239. The Morgan fingerprint density at radius 2 is 1.90 bits per heavy atom. The molecule has 1 unspecified atom stereocenters. The third-order valence-electron chi connectivity index (χ3n) is 4.84. The predicted octanol–water partition coefficient (Wildman–Crippen LogP) is 4.97. The first-order valence-corrected chi connectivity index (χ1v) is 11.0. The molecule has 0 bridgehead atoms. The van der Waals surface area contributed by atoms with Crippen LogP contribution in [0.15, 0.2) is 57.8 Å². The Bertz CT molecular complexity index is 1080. The standard InChI is InChI=1S/C21H19ClN4O4S/c1-13(31-18-10-8-17(9-11-18)26(28)29)21(27)25(16-6-7-16)12-19-23-24-20(30-19)14-2-4-15(22)5-3-14/h2-5,8-11,13,16H,6-7,12H2,1H3. The second kappa shape index (κ2) is 9.07.